The number of hydrogen-bond donors (Lipinski definition) is 3. The van der Waals surface area contributed by atoms with Crippen molar-refractivity contribution in [3.05, 3.63) is 48.5 Å². The summed E-state index contributed by atoms with van der Waals surface area (Å²) in [6.07, 6.45) is 2.34. The van der Waals surface area contributed by atoms with Crippen LogP contribution in [0.1, 0.15) is 12.8 Å². The van der Waals surface area contributed by atoms with Crippen LogP contribution in [0.25, 0.3) is 0 Å². The molecule has 128 valence electrons. The highest BCUT2D eigenvalue weighted by molar-refractivity contribution is 7.92. The Kier molecular flexibility index (Phi) is 4.92. The zero-order valence-corrected chi connectivity index (χ0v) is 14.1. The molecule has 0 amide bonds. The predicted molar refractivity (Wildman–Crippen MR) is 95.6 cm³/mol. The Labute approximate surface area is 142 Å². The topological polar surface area (TPSA) is 93.5 Å². The fourth-order valence-corrected chi connectivity index (χ4v) is 3.70. The lowest BCUT2D eigenvalue weighted by molar-refractivity contribution is 0.120. The largest absolute Gasteiger partial charge is 0.397 e. The highest BCUT2D eigenvalue weighted by Crippen LogP contribution is 2.25. The molecular weight excluding hydrogens is 326 g/mol. The summed E-state index contributed by atoms with van der Waals surface area (Å²) in [6.45, 7) is 1.50. The third-order valence-corrected chi connectivity index (χ3v) is 5.30. The van der Waals surface area contributed by atoms with Crippen LogP contribution in [-0.2, 0) is 14.8 Å². The van der Waals surface area contributed by atoms with Gasteiger partial charge in [0, 0.05) is 13.2 Å². The van der Waals surface area contributed by atoms with Gasteiger partial charge in [0.05, 0.1) is 28.1 Å². The fraction of sp³-hybridized carbons (Fsp3) is 0.294. The number of rotatable bonds is 6. The van der Waals surface area contributed by atoms with Crippen LogP contribution in [0.4, 0.5) is 17.1 Å². The monoisotopic (exact) mass is 347 g/mol. The van der Waals surface area contributed by atoms with Gasteiger partial charge in [-0.3, -0.25) is 4.72 Å². The number of benzene rings is 2. The van der Waals surface area contributed by atoms with Gasteiger partial charge in [0.2, 0.25) is 0 Å². The maximum absolute atomic E-state index is 12.3. The van der Waals surface area contributed by atoms with Crippen LogP contribution in [0.5, 0.6) is 0 Å². The molecule has 24 heavy (non-hydrogen) atoms. The molecule has 1 heterocycles. The van der Waals surface area contributed by atoms with Crippen LogP contribution in [0.3, 0.4) is 0 Å². The van der Waals surface area contributed by atoms with Gasteiger partial charge < -0.3 is 15.8 Å². The van der Waals surface area contributed by atoms with Gasteiger partial charge in [-0.05, 0) is 43.2 Å². The van der Waals surface area contributed by atoms with Gasteiger partial charge in [-0.15, -0.1) is 0 Å². The minimum absolute atomic E-state index is 0.209. The summed E-state index contributed by atoms with van der Waals surface area (Å²) in [5.41, 5.74) is 7.71. The predicted octanol–water partition coefficient (Wildman–Crippen LogP) is 2.66. The summed E-state index contributed by atoms with van der Waals surface area (Å²) >= 11 is 0. The highest BCUT2D eigenvalue weighted by atomic mass is 32.2. The third-order valence-electron chi connectivity index (χ3n) is 3.90. The van der Waals surface area contributed by atoms with E-state index in [-0.39, 0.29) is 11.0 Å². The van der Waals surface area contributed by atoms with Gasteiger partial charge in [0.15, 0.2) is 0 Å². The summed E-state index contributed by atoms with van der Waals surface area (Å²) in [7, 11) is -3.61. The Morgan fingerprint density at radius 3 is 2.62 bits per heavy atom. The van der Waals surface area contributed by atoms with E-state index in [0.29, 0.717) is 17.9 Å². The molecule has 7 heteroatoms. The Hall–Kier alpha value is -2.25. The van der Waals surface area contributed by atoms with E-state index >= 15 is 0 Å². The molecule has 0 bridgehead atoms. The first kappa shape index (κ1) is 16.6. The van der Waals surface area contributed by atoms with Crippen molar-refractivity contribution in [3.8, 4) is 0 Å². The van der Waals surface area contributed by atoms with Gasteiger partial charge in [-0.25, -0.2) is 8.42 Å². The number of hydrogen-bond acceptors (Lipinski definition) is 5. The lowest BCUT2D eigenvalue weighted by Crippen LogP contribution is -2.19. The molecule has 0 spiro atoms. The van der Waals surface area contributed by atoms with E-state index in [0.717, 1.165) is 25.1 Å². The Morgan fingerprint density at radius 2 is 1.96 bits per heavy atom. The van der Waals surface area contributed by atoms with Crippen molar-refractivity contribution in [2.45, 2.75) is 23.8 Å². The Bertz CT molecular complexity index is 788. The van der Waals surface area contributed by atoms with E-state index in [1.54, 1.807) is 48.5 Å². The first-order chi connectivity index (χ1) is 11.5. The van der Waals surface area contributed by atoms with Gasteiger partial charge >= 0.3 is 0 Å². The van der Waals surface area contributed by atoms with Crippen LogP contribution in [0, 0.1) is 0 Å². The second kappa shape index (κ2) is 7.11. The van der Waals surface area contributed by atoms with Crippen molar-refractivity contribution in [3.63, 3.8) is 0 Å². The van der Waals surface area contributed by atoms with E-state index in [1.165, 1.54) is 0 Å². The molecule has 1 fully saturated rings. The Morgan fingerprint density at radius 1 is 1.17 bits per heavy atom. The quantitative estimate of drug-likeness (QED) is 0.699. The van der Waals surface area contributed by atoms with Gasteiger partial charge in [0.1, 0.15) is 0 Å². The molecule has 3 rings (SSSR count). The maximum Gasteiger partial charge on any atom is 0.261 e. The third kappa shape index (κ3) is 3.98. The average molecular weight is 347 g/mol. The zero-order valence-electron chi connectivity index (χ0n) is 13.2. The molecular formula is C17H21N3O3S. The van der Waals surface area contributed by atoms with E-state index in [9.17, 15) is 8.42 Å². The van der Waals surface area contributed by atoms with Gasteiger partial charge in [-0.2, -0.15) is 0 Å². The zero-order chi connectivity index (χ0) is 17.0. The lowest BCUT2D eigenvalue weighted by atomic mass is 10.2. The van der Waals surface area contributed by atoms with Crippen LogP contribution in [0.15, 0.2) is 53.4 Å². The molecule has 1 aliphatic heterocycles. The molecule has 6 nitrogen and oxygen atoms in total. The molecule has 1 aliphatic rings. The summed E-state index contributed by atoms with van der Waals surface area (Å²) in [6, 6.07) is 13.3. The minimum atomic E-state index is -3.61. The number of ether oxygens (including phenoxy) is 1. The molecule has 0 radical (unpaired) electrons. The number of sulfonamides is 1. The summed E-state index contributed by atoms with van der Waals surface area (Å²) in [5.74, 6) is 0. The summed E-state index contributed by atoms with van der Waals surface area (Å²) in [4.78, 5) is 0.212. The SMILES string of the molecule is Nc1cc(NS(=O)(=O)c2ccccc2)ccc1NC[C@@H]1CCCO1. The van der Waals surface area contributed by atoms with E-state index in [2.05, 4.69) is 10.0 Å². The van der Waals surface area contributed by atoms with Crippen LogP contribution in [0.2, 0.25) is 0 Å². The maximum atomic E-state index is 12.3. The molecule has 2 aromatic rings. The molecule has 0 saturated carbocycles. The van der Waals surface area contributed by atoms with E-state index in [1.807, 2.05) is 0 Å². The van der Waals surface area contributed by atoms with Gasteiger partial charge in [-0.1, -0.05) is 18.2 Å². The van der Waals surface area contributed by atoms with Crippen molar-refractivity contribution in [2.24, 2.45) is 0 Å². The Balaban J connectivity index is 1.68. The number of nitrogens with one attached hydrogen (secondary N) is 2. The standard InChI is InChI=1S/C17H21N3O3S/c18-16-11-13(20-24(21,22)15-6-2-1-3-7-15)8-9-17(16)19-12-14-5-4-10-23-14/h1-3,6-9,11,14,19-20H,4-5,10,12,18H2/t14-/m0/s1. The second-order valence-electron chi connectivity index (χ2n) is 5.74. The molecule has 1 atom stereocenters. The summed E-state index contributed by atoms with van der Waals surface area (Å²) in [5, 5.41) is 3.25. The fourth-order valence-electron chi connectivity index (χ4n) is 2.63. The molecule has 0 aromatic heterocycles. The molecule has 0 unspecified atom stereocenters. The molecule has 0 aliphatic carbocycles. The normalized spacial score (nSPS) is 17.6. The molecule has 1 saturated heterocycles. The van der Waals surface area contributed by atoms with Crippen LogP contribution < -0.4 is 15.8 Å². The lowest BCUT2D eigenvalue weighted by Gasteiger charge is -2.15. The van der Waals surface area contributed by atoms with Crippen molar-refractivity contribution < 1.29 is 13.2 Å². The molecule has 2 aromatic carbocycles. The second-order valence-corrected chi connectivity index (χ2v) is 7.42. The van der Waals surface area contributed by atoms with Gasteiger partial charge in [0.25, 0.3) is 10.0 Å². The first-order valence-corrected chi connectivity index (χ1v) is 9.36. The number of anilines is 3. The van der Waals surface area contributed by atoms with Crippen molar-refractivity contribution in [1.29, 1.82) is 0 Å². The number of nitrogen functional groups attached to an aromatic ring is 1. The van der Waals surface area contributed by atoms with Crippen LogP contribution in [-0.4, -0.2) is 27.7 Å². The van der Waals surface area contributed by atoms with Crippen molar-refractivity contribution in [1.82, 2.24) is 0 Å². The first-order valence-electron chi connectivity index (χ1n) is 7.87. The van der Waals surface area contributed by atoms with Crippen molar-refractivity contribution >= 4 is 27.1 Å². The highest BCUT2D eigenvalue weighted by Gasteiger charge is 2.16. The minimum Gasteiger partial charge on any atom is -0.397 e. The number of nitrogens with two attached hydrogens (primary N) is 1. The summed E-state index contributed by atoms with van der Waals surface area (Å²) < 4.78 is 32.7. The molecule has 4 N–H and O–H groups in total. The average Bonchev–Trinajstić information content (AvgIpc) is 3.08. The smallest absolute Gasteiger partial charge is 0.261 e. The van der Waals surface area contributed by atoms with E-state index < -0.39 is 10.0 Å². The van der Waals surface area contributed by atoms with Crippen molar-refractivity contribution in [2.75, 3.05) is 28.9 Å². The van der Waals surface area contributed by atoms with Crippen LogP contribution >= 0.6 is 0 Å². The van der Waals surface area contributed by atoms with E-state index in [4.69, 9.17) is 10.5 Å².